The number of benzene rings is 3. The molecular formula is C31H24Cl2N2O6S. The van der Waals surface area contributed by atoms with Crippen molar-refractivity contribution in [3.05, 3.63) is 115 Å². The van der Waals surface area contributed by atoms with Gasteiger partial charge in [-0.3, -0.25) is 14.5 Å². The van der Waals surface area contributed by atoms with Crippen LogP contribution in [0.4, 0.5) is 5.13 Å². The van der Waals surface area contributed by atoms with Gasteiger partial charge in [0.05, 0.1) is 34.5 Å². The van der Waals surface area contributed by atoms with Crippen molar-refractivity contribution < 1.29 is 29.0 Å². The molecule has 1 fully saturated rings. The van der Waals surface area contributed by atoms with Gasteiger partial charge in [0.1, 0.15) is 23.0 Å². The molecule has 1 aliphatic heterocycles. The van der Waals surface area contributed by atoms with E-state index in [0.29, 0.717) is 29.2 Å². The summed E-state index contributed by atoms with van der Waals surface area (Å²) in [5.74, 6) is -2.29. The maximum absolute atomic E-state index is 13.5. The maximum Gasteiger partial charge on any atom is 0.350 e. The van der Waals surface area contributed by atoms with Crippen molar-refractivity contribution in [2.45, 2.75) is 26.5 Å². The Labute approximate surface area is 255 Å². The maximum atomic E-state index is 13.5. The highest BCUT2D eigenvalue weighted by atomic mass is 35.5. The number of carbonyl (C=O) groups excluding carboxylic acids is 3. The minimum Gasteiger partial charge on any atom is -0.507 e. The number of Topliss-reactive ketones (excluding diaryl/α,β-unsaturated/α-hetero) is 1. The largest absolute Gasteiger partial charge is 0.507 e. The van der Waals surface area contributed by atoms with Crippen molar-refractivity contribution in [3.63, 3.8) is 0 Å². The summed E-state index contributed by atoms with van der Waals surface area (Å²) in [5, 5.41) is 12.0. The lowest BCUT2D eigenvalue weighted by Crippen LogP contribution is -2.29. The SMILES string of the molecule is COC(=O)c1sc(N2C(=O)C(=O)/C(=C(/O)c3ccc(OCc4ccccc4C)cc3)C2c2ccc(Cl)c(Cl)c2)nc1C. The summed E-state index contributed by atoms with van der Waals surface area (Å²) < 4.78 is 10.7. The van der Waals surface area contributed by atoms with Crippen LogP contribution in [0.2, 0.25) is 10.0 Å². The smallest absolute Gasteiger partial charge is 0.350 e. The minimum atomic E-state index is -1.10. The van der Waals surface area contributed by atoms with Gasteiger partial charge in [-0.1, -0.05) is 64.9 Å². The third kappa shape index (κ3) is 5.51. The Balaban J connectivity index is 1.55. The normalized spacial score (nSPS) is 16.1. The molecule has 1 unspecified atom stereocenters. The lowest BCUT2D eigenvalue weighted by molar-refractivity contribution is -0.132. The molecule has 1 saturated heterocycles. The predicted molar refractivity (Wildman–Crippen MR) is 161 cm³/mol. The predicted octanol–water partition coefficient (Wildman–Crippen LogP) is 7.06. The van der Waals surface area contributed by atoms with Gasteiger partial charge in [0, 0.05) is 5.56 Å². The number of ketones is 1. The topological polar surface area (TPSA) is 106 Å². The molecule has 8 nitrogen and oxygen atoms in total. The number of aliphatic hydroxyl groups is 1. The second-order valence-corrected chi connectivity index (χ2v) is 11.3. The molecule has 1 aliphatic rings. The number of nitrogens with zero attached hydrogens (tertiary/aromatic N) is 2. The molecule has 4 aromatic rings. The zero-order chi connectivity index (χ0) is 30.1. The number of ether oxygens (including phenoxy) is 2. The summed E-state index contributed by atoms with van der Waals surface area (Å²) in [5.41, 5.74) is 3.02. The first-order valence-corrected chi connectivity index (χ1v) is 14.3. The van der Waals surface area contributed by atoms with Crippen LogP contribution in [0.5, 0.6) is 5.75 Å². The van der Waals surface area contributed by atoms with Crippen LogP contribution < -0.4 is 9.64 Å². The Morgan fingerprint density at radius 1 is 1.02 bits per heavy atom. The number of halogens is 2. The molecule has 11 heteroatoms. The van der Waals surface area contributed by atoms with E-state index in [1.165, 1.54) is 19.2 Å². The highest BCUT2D eigenvalue weighted by Gasteiger charge is 2.48. The Kier molecular flexibility index (Phi) is 8.36. The first-order chi connectivity index (χ1) is 20.1. The number of carbonyl (C=O) groups is 3. The van der Waals surface area contributed by atoms with Crippen LogP contribution in [0.3, 0.4) is 0 Å². The highest BCUT2D eigenvalue weighted by molar-refractivity contribution is 7.17. The molecule has 3 aromatic carbocycles. The molecular weight excluding hydrogens is 599 g/mol. The van der Waals surface area contributed by atoms with Gasteiger partial charge < -0.3 is 14.6 Å². The van der Waals surface area contributed by atoms with Gasteiger partial charge in [0.25, 0.3) is 5.78 Å². The highest BCUT2D eigenvalue weighted by Crippen LogP contribution is 2.45. The van der Waals surface area contributed by atoms with Crippen molar-refractivity contribution in [3.8, 4) is 5.75 Å². The van der Waals surface area contributed by atoms with E-state index in [1.54, 1.807) is 37.3 Å². The summed E-state index contributed by atoms with van der Waals surface area (Å²) >= 11 is 13.4. The Hall–Kier alpha value is -4.18. The number of thiazole rings is 1. The summed E-state index contributed by atoms with van der Waals surface area (Å²) in [6, 6.07) is 18.0. The second kappa shape index (κ2) is 12.0. The van der Waals surface area contributed by atoms with E-state index in [9.17, 15) is 19.5 Å². The third-order valence-electron chi connectivity index (χ3n) is 6.85. The van der Waals surface area contributed by atoms with E-state index in [4.69, 9.17) is 32.7 Å². The minimum absolute atomic E-state index is 0.0880. The van der Waals surface area contributed by atoms with E-state index in [-0.39, 0.29) is 31.4 Å². The number of esters is 1. The van der Waals surface area contributed by atoms with E-state index < -0.39 is 23.7 Å². The van der Waals surface area contributed by atoms with Crippen LogP contribution in [-0.4, -0.2) is 34.9 Å². The van der Waals surface area contributed by atoms with Gasteiger partial charge in [-0.2, -0.15) is 0 Å². The number of methoxy groups -OCH3 is 1. The van der Waals surface area contributed by atoms with E-state index in [1.807, 2.05) is 31.2 Å². The van der Waals surface area contributed by atoms with Crippen molar-refractivity contribution in [1.29, 1.82) is 0 Å². The molecule has 214 valence electrons. The first-order valence-electron chi connectivity index (χ1n) is 12.7. The summed E-state index contributed by atoms with van der Waals surface area (Å²) in [6.07, 6.45) is 0. The van der Waals surface area contributed by atoms with Crippen molar-refractivity contribution in [2.75, 3.05) is 12.0 Å². The number of rotatable bonds is 7. The van der Waals surface area contributed by atoms with Gasteiger partial charge in [-0.15, -0.1) is 0 Å². The van der Waals surface area contributed by atoms with Gasteiger partial charge in [-0.05, 0) is 66.9 Å². The van der Waals surface area contributed by atoms with E-state index in [0.717, 1.165) is 27.4 Å². The van der Waals surface area contributed by atoms with Gasteiger partial charge in [0.2, 0.25) is 0 Å². The van der Waals surface area contributed by atoms with Crippen molar-refractivity contribution in [1.82, 2.24) is 4.98 Å². The van der Waals surface area contributed by atoms with Gasteiger partial charge in [-0.25, -0.2) is 9.78 Å². The zero-order valence-electron chi connectivity index (χ0n) is 22.7. The van der Waals surface area contributed by atoms with Gasteiger partial charge >= 0.3 is 11.9 Å². The molecule has 1 N–H and O–H groups in total. The average Bonchev–Trinajstić information content (AvgIpc) is 3.49. The lowest BCUT2D eigenvalue weighted by Gasteiger charge is -2.23. The van der Waals surface area contributed by atoms with E-state index in [2.05, 4.69) is 4.98 Å². The molecule has 2 heterocycles. The number of hydrogen-bond donors (Lipinski definition) is 1. The molecule has 0 saturated carbocycles. The number of aryl methyl sites for hydroxylation is 2. The third-order valence-corrected chi connectivity index (χ3v) is 8.73. The molecule has 42 heavy (non-hydrogen) atoms. The Morgan fingerprint density at radius 2 is 1.74 bits per heavy atom. The number of hydrogen-bond acceptors (Lipinski definition) is 8. The van der Waals surface area contributed by atoms with Crippen LogP contribution in [0.1, 0.15) is 43.7 Å². The van der Waals surface area contributed by atoms with Crippen LogP contribution in [-0.2, 0) is 20.9 Å². The quantitative estimate of drug-likeness (QED) is 0.102. The van der Waals surface area contributed by atoms with Crippen molar-refractivity contribution in [2.24, 2.45) is 0 Å². The number of anilines is 1. The van der Waals surface area contributed by atoms with E-state index >= 15 is 0 Å². The Bertz CT molecular complexity index is 1750. The molecule has 0 aliphatic carbocycles. The molecule has 0 spiro atoms. The standard InChI is InChI=1S/C31H24Cl2N2O6S/c1-16-6-4-5-7-20(16)15-41-21-11-8-18(9-12-21)26(36)24-25(19-10-13-22(32)23(33)14-19)35(29(38)27(24)37)31-34-17(2)28(42-31)30(39)40-3/h4-14,25,36H,15H2,1-3H3/b26-24+. The summed E-state index contributed by atoms with van der Waals surface area (Å²) in [6.45, 7) is 3.96. The van der Waals surface area contributed by atoms with Crippen LogP contribution >= 0.6 is 34.5 Å². The molecule has 1 amide bonds. The number of amides is 1. The lowest BCUT2D eigenvalue weighted by atomic mass is 9.95. The fourth-order valence-electron chi connectivity index (χ4n) is 4.59. The molecule has 0 bridgehead atoms. The fourth-order valence-corrected chi connectivity index (χ4v) is 5.91. The first kappa shape index (κ1) is 29.3. The van der Waals surface area contributed by atoms with Crippen molar-refractivity contribution >= 4 is 63.1 Å². The molecule has 5 rings (SSSR count). The van der Waals surface area contributed by atoms with Crippen LogP contribution in [0.25, 0.3) is 5.76 Å². The average molecular weight is 624 g/mol. The summed E-state index contributed by atoms with van der Waals surface area (Å²) in [4.78, 5) is 44.9. The van der Waals surface area contributed by atoms with Gasteiger partial charge in [0.15, 0.2) is 5.13 Å². The fraction of sp³-hybridized carbons (Fsp3) is 0.161. The zero-order valence-corrected chi connectivity index (χ0v) is 25.0. The van der Waals surface area contributed by atoms with Crippen LogP contribution in [0.15, 0.2) is 72.3 Å². The summed E-state index contributed by atoms with van der Waals surface area (Å²) in [7, 11) is 1.24. The molecule has 1 aromatic heterocycles. The van der Waals surface area contributed by atoms with Crippen LogP contribution in [0, 0.1) is 13.8 Å². The monoisotopic (exact) mass is 622 g/mol. The Morgan fingerprint density at radius 3 is 2.40 bits per heavy atom. The second-order valence-electron chi connectivity index (χ2n) is 9.48. The number of aliphatic hydroxyl groups excluding tert-OH is 1. The molecule has 0 radical (unpaired) electrons. The number of aromatic nitrogens is 1. The molecule has 1 atom stereocenters.